The number of aliphatic hydroxyl groups is 2. The van der Waals surface area contributed by atoms with Crippen LogP contribution in [-0.4, -0.2) is 71.3 Å². The molecule has 1 rings (SSSR count). The van der Waals surface area contributed by atoms with E-state index in [9.17, 15) is 24.6 Å². The summed E-state index contributed by atoms with van der Waals surface area (Å²) in [4.78, 5) is 35.8. The Morgan fingerprint density at radius 1 is 0.929 bits per heavy atom. The molecule has 2 N–H and O–H groups in total. The van der Waals surface area contributed by atoms with Crippen molar-refractivity contribution in [2.45, 2.75) is 72.2 Å². The average molecular weight is 425 g/mol. The topological polar surface area (TPSA) is 129 Å². The van der Waals surface area contributed by atoms with Gasteiger partial charge in [0.15, 0.2) is 18.5 Å². The van der Waals surface area contributed by atoms with Gasteiger partial charge in [-0.15, -0.1) is 11.6 Å². The van der Waals surface area contributed by atoms with Crippen LogP contribution < -0.4 is 0 Å². The van der Waals surface area contributed by atoms with E-state index in [0.717, 1.165) is 0 Å². The minimum absolute atomic E-state index is 0.395. The molecule has 0 aromatic rings. The van der Waals surface area contributed by atoms with Crippen molar-refractivity contribution in [2.75, 3.05) is 12.5 Å². The first-order valence-corrected chi connectivity index (χ1v) is 9.37. The molecule has 10 heteroatoms. The van der Waals surface area contributed by atoms with Crippen molar-refractivity contribution in [3.05, 3.63) is 0 Å². The molecule has 0 radical (unpaired) electrons. The number of esters is 3. The van der Waals surface area contributed by atoms with Crippen molar-refractivity contribution in [1.29, 1.82) is 0 Å². The van der Waals surface area contributed by atoms with Crippen molar-refractivity contribution >= 4 is 29.5 Å². The Morgan fingerprint density at radius 3 is 1.93 bits per heavy atom. The summed E-state index contributed by atoms with van der Waals surface area (Å²) >= 11 is 5.41. The fourth-order valence-corrected chi connectivity index (χ4v) is 2.23. The van der Waals surface area contributed by atoms with Crippen molar-refractivity contribution in [3.8, 4) is 0 Å². The second-order valence-corrected chi connectivity index (χ2v) is 8.88. The van der Waals surface area contributed by atoms with Crippen LogP contribution in [0.1, 0.15) is 41.5 Å². The zero-order valence-corrected chi connectivity index (χ0v) is 17.7. The quantitative estimate of drug-likeness (QED) is 0.373. The second-order valence-electron chi connectivity index (χ2n) is 8.61. The third kappa shape index (κ3) is 6.58. The Hall–Kier alpha value is -1.42. The fourth-order valence-electron chi connectivity index (χ4n) is 2.16. The maximum Gasteiger partial charge on any atom is 0.321 e. The van der Waals surface area contributed by atoms with Gasteiger partial charge in [0, 0.05) is 0 Å². The molecular weight excluding hydrogens is 396 g/mol. The first-order valence-electron chi connectivity index (χ1n) is 8.84. The smallest absolute Gasteiger partial charge is 0.321 e. The molecular formula is C18H29ClO9. The van der Waals surface area contributed by atoms with Crippen LogP contribution in [0.5, 0.6) is 0 Å². The van der Waals surface area contributed by atoms with Crippen molar-refractivity contribution in [3.63, 3.8) is 0 Å². The molecule has 0 saturated carbocycles. The van der Waals surface area contributed by atoms with Crippen LogP contribution >= 0.6 is 11.6 Å². The van der Waals surface area contributed by atoms with E-state index in [1.54, 1.807) is 41.5 Å². The number of carbonyl (C=O) groups excluding carboxylic acids is 3. The van der Waals surface area contributed by atoms with E-state index in [0.29, 0.717) is 0 Å². The molecule has 0 bridgehead atoms. The highest BCUT2D eigenvalue weighted by Crippen LogP contribution is 2.28. The molecule has 0 aliphatic carbocycles. The minimum Gasteiger partial charge on any atom is -0.462 e. The zero-order chi connectivity index (χ0) is 21.9. The first kappa shape index (κ1) is 24.6. The Kier molecular flexibility index (Phi) is 8.25. The molecule has 0 amide bonds. The van der Waals surface area contributed by atoms with Crippen LogP contribution in [-0.2, 0) is 33.3 Å². The Bertz CT molecular complexity index is 579. The van der Waals surface area contributed by atoms with Gasteiger partial charge in [-0.05, 0) is 41.5 Å². The number of hydrogen-bond acceptors (Lipinski definition) is 9. The molecule has 2 unspecified atom stereocenters. The molecule has 162 valence electrons. The lowest BCUT2D eigenvalue weighted by molar-refractivity contribution is -0.295. The van der Waals surface area contributed by atoms with E-state index in [4.69, 9.17) is 30.5 Å². The van der Waals surface area contributed by atoms with Crippen molar-refractivity contribution < 1.29 is 43.5 Å². The predicted molar refractivity (Wildman–Crippen MR) is 97.2 cm³/mol. The van der Waals surface area contributed by atoms with E-state index in [-0.39, 0.29) is 0 Å². The summed E-state index contributed by atoms with van der Waals surface area (Å²) in [5, 5.41) is 20.8. The lowest BCUT2D eigenvalue weighted by Crippen LogP contribution is -2.62. The molecule has 1 aliphatic rings. The molecule has 1 aliphatic heterocycles. The summed E-state index contributed by atoms with van der Waals surface area (Å²) < 4.78 is 20.6. The van der Waals surface area contributed by atoms with Crippen LogP contribution in [0.2, 0.25) is 0 Å². The molecule has 28 heavy (non-hydrogen) atoms. The van der Waals surface area contributed by atoms with E-state index in [2.05, 4.69) is 0 Å². The molecule has 5 atom stereocenters. The third-order valence-electron chi connectivity index (χ3n) is 3.86. The number of carbonyl (C=O) groups is 3. The van der Waals surface area contributed by atoms with Crippen molar-refractivity contribution in [1.82, 2.24) is 0 Å². The number of hydrogen-bond donors (Lipinski definition) is 2. The maximum atomic E-state index is 12.3. The Labute approximate surface area is 169 Å². The first-order chi connectivity index (χ1) is 12.7. The van der Waals surface area contributed by atoms with Crippen LogP contribution in [0.4, 0.5) is 0 Å². The van der Waals surface area contributed by atoms with Crippen LogP contribution in [0.25, 0.3) is 0 Å². The number of halogens is 1. The second kappa shape index (κ2) is 9.39. The highest BCUT2D eigenvalue weighted by molar-refractivity contribution is 6.26. The van der Waals surface area contributed by atoms with E-state index < -0.39 is 71.9 Å². The summed E-state index contributed by atoms with van der Waals surface area (Å²) in [5.74, 6) is -2.64. The van der Waals surface area contributed by atoms with Gasteiger partial charge in [-0.25, -0.2) is 0 Å². The van der Waals surface area contributed by atoms with E-state index >= 15 is 0 Å². The SMILES string of the molecule is CC(C)(C)C(=O)OCC1OC(O)[C@@H](OC(=O)CCl)[C@@H](OC(=O)C(C)(C)C)[C@H]1O. The molecule has 1 fully saturated rings. The van der Waals surface area contributed by atoms with Gasteiger partial charge in [0.2, 0.25) is 0 Å². The Morgan fingerprint density at radius 2 is 1.46 bits per heavy atom. The predicted octanol–water partition coefficient (Wildman–Crippen LogP) is 0.762. The summed E-state index contributed by atoms with van der Waals surface area (Å²) in [7, 11) is 0. The van der Waals surface area contributed by atoms with Gasteiger partial charge in [0.05, 0.1) is 10.8 Å². The van der Waals surface area contributed by atoms with E-state index in [1.165, 1.54) is 0 Å². The highest BCUT2D eigenvalue weighted by Gasteiger charge is 2.50. The molecule has 0 aromatic heterocycles. The van der Waals surface area contributed by atoms with Gasteiger partial charge in [-0.2, -0.15) is 0 Å². The van der Waals surface area contributed by atoms with Gasteiger partial charge in [-0.3, -0.25) is 14.4 Å². The van der Waals surface area contributed by atoms with Gasteiger partial charge in [0.1, 0.15) is 24.7 Å². The number of alkyl halides is 1. The summed E-state index contributed by atoms with van der Waals surface area (Å²) in [6.45, 7) is 9.35. The van der Waals surface area contributed by atoms with Crippen LogP contribution in [0.15, 0.2) is 0 Å². The summed E-state index contributed by atoms with van der Waals surface area (Å²) in [6.07, 6.45) is -7.41. The number of rotatable bonds is 5. The number of ether oxygens (including phenoxy) is 4. The average Bonchev–Trinajstić information content (AvgIpc) is 2.57. The van der Waals surface area contributed by atoms with Gasteiger partial charge < -0.3 is 29.2 Å². The largest absolute Gasteiger partial charge is 0.462 e. The monoisotopic (exact) mass is 424 g/mol. The fraction of sp³-hybridized carbons (Fsp3) is 0.833. The maximum absolute atomic E-state index is 12.3. The molecule has 0 aromatic carbocycles. The van der Waals surface area contributed by atoms with Gasteiger partial charge in [0.25, 0.3) is 0 Å². The Balaban J connectivity index is 3.01. The third-order valence-corrected chi connectivity index (χ3v) is 4.08. The lowest BCUT2D eigenvalue weighted by Gasteiger charge is -2.42. The van der Waals surface area contributed by atoms with Crippen molar-refractivity contribution in [2.24, 2.45) is 10.8 Å². The van der Waals surface area contributed by atoms with E-state index in [1.807, 2.05) is 0 Å². The minimum atomic E-state index is -1.73. The number of aliphatic hydroxyl groups excluding tert-OH is 2. The summed E-state index contributed by atoms with van der Waals surface area (Å²) in [5.41, 5.74) is -1.70. The molecule has 9 nitrogen and oxygen atoms in total. The standard InChI is InChI=1S/C18H29ClO9/c1-17(2,3)15(23)25-8-9-11(21)12(28-16(24)18(4,5)6)13(14(22)26-9)27-10(20)7-19/h9,11-14,21-22H,7-8H2,1-6H3/t9?,11-,12-,13-,14?/m0/s1. The highest BCUT2D eigenvalue weighted by atomic mass is 35.5. The molecule has 1 saturated heterocycles. The normalized spacial score (nSPS) is 28.4. The molecule has 1 heterocycles. The van der Waals surface area contributed by atoms with Crippen LogP contribution in [0, 0.1) is 10.8 Å². The molecule has 0 spiro atoms. The zero-order valence-electron chi connectivity index (χ0n) is 16.9. The van der Waals surface area contributed by atoms with Gasteiger partial charge >= 0.3 is 17.9 Å². The van der Waals surface area contributed by atoms with Crippen LogP contribution in [0.3, 0.4) is 0 Å². The lowest BCUT2D eigenvalue weighted by atomic mass is 9.95. The van der Waals surface area contributed by atoms with Gasteiger partial charge in [-0.1, -0.05) is 0 Å². The summed E-state index contributed by atoms with van der Waals surface area (Å²) in [6, 6.07) is 0.